The van der Waals surface area contributed by atoms with Crippen molar-refractivity contribution < 1.29 is 14.3 Å². The fourth-order valence-corrected chi connectivity index (χ4v) is 2.39. The summed E-state index contributed by atoms with van der Waals surface area (Å²) in [6.07, 6.45) is 2.25. The standard InChI is InChI=1S/C18H22N4O3S/c1-4-25-16(23)15-11-20-17(21-12(15)2)22-18(26)19-10-9-13-5-7-14(24-3)8-6-13/h5-8,11H,4,9-10H2,1-3H3,(H2,19,20,21,22,26). The zero-order valence-electron chi connectivity index (χ0n) is 15.0. The van der Waals surface area contributed by atoms with Crippen LogP contribution >= 0.6 is 12.2 Å². The third kappa shape index (κ3) is 5.66. The van der Waals surface area contributed by atoms with Gasteiger partial charge in [-0.05, 0) is 50.2 Å². The molecule has 0 atom stereocenters. The number of rotatable bonds is 7. The van der Waals surface area contributed by atoms with Crippen LogP contribution in [0.2, 0.25) is 0 Å². The molecule has 0 unspecified atom stereocenters. The van der Waals surface area contributed by atoms with Crippen LogP contribution in [-0.4, -0.2) is 41.3 Å². The summed E-state index contributed by atoms with van der Waals surface area (Å²) in [5, 5.41) is 6.43. The number of carbonyl (C=O) groups excluding carboxylic acids is 1. The molecule has 2 rings (SSSR count). The van der Waals surface area contributed by atoms with Crippen LogP contribution in [0, 0.1) is 6.92 Å². The van der Waals surface area contributed by atoms with Gasteiger partial charge in [0.15, 0.2) is 5.11 Å². The molecule has 1 heterocycles. The minimum absolute atomic E-state index is 0.306. The zero-order chi connectivity index (χ0) is 18.9. The van der Waals surface area contributed by atoms with Crippen molar-refractivity contribution in [3.63, 3.8) is 0 Å². The number of hydrogen-bond acceptors (Lipinski definition) is 6. The Morgan fingerprint density at radius 2 is 2.00 bits per heavy atom. The first-order chi connectivity index (χ1) is 12.5. The molecule has 0 aliphatic rings. The van der Waals surface area contributed by atoms with E-state index in [1.807, 2.05) is 24.3 Å². The molecule has 2 aromatic rings. The number of methoxy groups -OCH3 is 1. The van der Waals surface area contributed by atoms with Crippen molar-refractivity contribution in [3.05, 3.63) is 47.3 Å². The Morgan fingerprint density at radius 1 is 1.27 bits per heavy atom. The molecule has 0 bridgehead atoms. The Bertz CT molecular complexity index is 766. The molecule has 0 aliphatic carbocycles. The van der Waals surface area contributed by atoms with Gasteiger partial charge < -0.3 is 20.1 Å². The highest BCUT2D eigenvalue weighted by molar-refractivity contribution is 7.80. The van der Waals surface area contributed by atoms with E-state index >= 15 is 0 Å². The van der Waals surface area contributed by atoms with Crippen LogP contribution in [0.25, 0.3) is 0 Å². The molecule has 0 spiro atoms. The second-order valence-corrected chi connectivity index (χ2v) is 5.80. The number of esters is 1. The average Bonchev–Trinajstić information content (AvgIpc) is 2.62. The van der Waals surface area contributed by atoms with Gasteiger partial charge in [0.1, 0.15) is 5.75 Å². The fourth-order valence-electron chi connectivity index (χ4n) is 2.19. The maximum Gasteiger partial charge on any atom is 0.341 e. The molecule has 0 aliphatic heterocycles. The second kappa shape index (κ2) is 9.67. The fraction of sp³-hybridized carbons (Fsp3) is 0.333. The van der Waals surface area contributed by atoms with E-state index < -0.39 is 5.97 Å². The lowest BCUT2D eigenvalue weighted by molar-refractivity contribution is 0.0524. The topological polar surface area (TPSA) is 85.4 Å². The van der Waals surface area contributed by atoms with E-state index in [-0.39, 0.29) is 0 Å². The highest BCUT2D eigenvalue weighted by Crippen LogP contribution is 2.11. The molecule has 0 saturated heterocycles. The Hall–Kier alpha value is -2.74. The van der Waals surface area contributed by atoms with Gasteiger partial charge in [-0.25, -0.2) is 14.8 Å². The van der Waals surface area contributed by atoms with E-state index in [0.29, 0.717) is 35.5 Å². The number of carbonyl (C=O) groups is 1. The van der Waals surface area contributed by atoms with Gasteiger partial charge in [0.25, 0.3) is 0 Å². The summed E-state index contributed by atoms with van der Waals surface area (Å²) in [6.45, 7) is 4.44. The summed E-state index contributed by atoms with van der Waals surface area (Å²) in [7, 11) is 1.64. The Labute approximate surface area is 158 Å². The first-order valence-electron chi connectivity index (χ1n) is 8.22. The number of anilines is 1. The minimum atomic E-state index is -0.434. The third-order valence-corrected chi connectivity index (χ3v) is 3.80. The molecule has 0 saturated carbocycles. The van der Waals surface area contributed by atoms with E-state index in [0.717, 1.165) is 12.2 Å². The highest BCUT2D eigenvalue weighted by atomic mass is 32.1. The van der Waals surface area contributed by atoms with E-state index in [2.05, 4.69) is 20.6 Å². The van der Waals surface area contributed by atoms with Crippen molar-refractivity contribution in [1.82, 2.24) is 15.3 Å². The molecule has 26 heavy (non-hydrogen) atoms. The summed E-state index contributed by atoms with van der Waals surface area (Å²) in [5.41, 5.74) is 2.05. The number of nitrogens with zero attached hydrogens (tertiary/aromatic N) is 2. The monoisotopic (exact) mass is 374 g/mol. The van der Waals surface area contributed by atoms with Gasteiger partial charge in [0, 0.05) is 12.7 Å². The lowest BCUT2D eigenvalue weighted by Crippen LogP contribution is -2.31. The predicted octanol–water partition coefficient (Wildman–Crippen LogP) is 2.50. The maximum absolute atomic E-state index is 11.7. The molecule has 1 aromatic carbocycles. The Morgan fingerprint density at radius 3 is 2.62 bits per heavy atom. The van der Waals surface area contributed by atoms with Gasteiger partial charge >= 0.3 is 5.97 Å². The summed E-state index contributed by atoms with van der Waals surface area (Å²) in [5.74, 6) is 0.729. The number of ether oxygens (including phenoxy) is 2. The van der Waals surface area contributed by atoms with Crippen LogP contribution in [-0.2, 0) is 11.2 Å². The van der Waals surface area contributed by atoms with E-state index in [9.17, 15) is 4.79 Å². The lowest BCUT2D eigenvalue weighted by Gasteiger charge is -2.11. The van der Waals surface area contributed by atoms with Gasteiger partial charge in [-0.15, -0.1) is 0 Å². The number of thiocarbonyl (C=S) groups is 1. The summed E-state index contributed by atoms with van der Waals surface area (Å²) in [6, 6.07) is 7.87. The van der Waals surface area contributed by atoms with E-state index in [1.54, 1.807) is 21.0 Å². The van der Waals surface area contributed by atoms with Crippen LogP contribution in [0.4, 0.5) is 5.95 Å². The maximum atomic E-state index is 11.7. The first-order valence-corrected chi connectivity index (χ1v) is 8.62. The van der Waals surface area contributed by atoms with Crippen LogP contribution in [0.3, 0.4) is 0 Å². The van der Waals surface area contributed by atoms with Crippen molar-refractivity contribution in [2.75, 3.05) is 25.6 Å². The molecular weight excluding hydrogens is 352 g/mol. The third-order valence-electron chi connectivity index (χ3n) is 3.56. The SMILES string of the molecule is CCOC(=O)c1cnc(NC(=S)NCCc2ccc(OC)cc2)nc1C. The van der Waals surface area contributed by atoms with Gasteiger partial charge in [0.2, 0.25) is 5.95 Å². The Balaban J connectivity index is 1.83. The first kappa shape index (κ1) is 19.6. The number of benzene rings is 1. The van der Waals surface area contributed by atoms with Crippen molar-refractivity contribution in [2.45, 2.75) is 20.3 Å². The molecule has 7 nitrogen and oxygen atoms in total. The summed E-state index contributed by atoms with van der Waals surface area (Å²) < 4.78 is 10.1. The number of aryl methyl sites for hydroxylation is 1. The lowest BCUT2D eigenvalue weighted by atomic mass is 10.1. The zero-order valence-corrected chi connectivity index (χ0v) is 15.9. The molecule has 0 fully saturated rings. The van der Waals surface area contributed by atoms with Crippen LogP contribution in [0.15, 0.2) is 30.5 Å². The molecule has 0 radical (unpaired) electrons. The van der Waals surface area contributed by atoms with Crippen molar-refractivity contribution in [3.8, 4) is 5.75 Å². The number of hydrogen-bond donors (Lipinski definition) is 2. The molecule has 1 aromatic heterocycles. The average molecular weight is 374 g/mol. The van der Waals surface area contributed by atoms with E-state index in [1.165, 1.54) is 11.8 Å². The second-order valence-electron chi connectivity index (χ2n) is 5.39. The van der Waals surface area contributed by atoms with Gasteiger partial charge in [-0.2, -0.15) is 0 Å². The largest absolute Gasteiger partial charge is 0.497 e. The smallest absolute Gasteiger partial charge is 0.341 e. The quantitative estimate of drug-likeness (QED) is 0.565. The molecular formula is C18H22N4O3S. The molecule has 138 valence electrons. The highest BCUT2D eigenvalue weighted by Gasteiger charge is 2.13. The van der Waals surface area contributed by atoms with Crippen LogP contribution in [0.1, 0.15) is 28.5 Å². The number of nitrogens with one attached hydrogen (secondary N) is 2. The number of aromatic nitrogens is 2. The summed E-state index contributed by atoms with van der Waals surface area (Å²) in [4.78, 5) is 20.1. The molecule has 0 amide bonds. The van der Waals surface area contributed by atoms with Crippen LogP contribution in [0.5, 0.6) is 5.75 Å². The van der Waals surface area contributed by atoms with Gasteiger partial charge in [-0.1, -0.05) is 12.1 Å². The predicted molar refractivity (Wildman–Crippen MR) is 104 cm³/mol. The van der Waals surface area contributed by atoms with Crippen molar-refractivity contribution >= 4 is 29.2 Å². The molecule has 8 heteroatoms. The van der Waals surface area contributed by atoms with Crippen molar-refractivity contribution in [2.24, 2.45) is 0 Å². The normalized spacial score (nSPS) is 10.1. The van der Waals surface area contributed by atoms with Crippen LogP contribution < -0.4 is 15.4 Å². The molecule has 2 N–H and O–H groups in total. The van der Waals surface area contributed by atoms with Crippen molar-refractivity contribution in [1.29, 1.82) is 0 Å². The minimum Gasteiger partial charge on any atom is -0.497 e. The Kier molecular flexibility index (Phi) is 7.28. The van der Waals surface area contributed by atoms with Gasteiger partial charge in [-0.3, -0.25) is 0 Å². The van der Waals surface area contributed by atoms with E-state index in [4.69, 9.17) is 21.7 Å². The van der Waals surface area contributed by atoms with Gasteiger partial charge in [0.05, 0.1) is 25.0 Å². The summed E-state index contributed by atoms with van der Waals surface area (Å²) >= 11 is 5.25.